The SMILES string of the molecule is CCOCCCNc1nccn1-c1ccccc1F. The maximum absolute atomic E-state index is 13.7. The minimum Gasteiger partial charge on any atom is -0.382 e. The molecule has 1 aromatic heterocycles. The Labute approximate surface area is 112 Å². The van der Waals surface area contributed by atoms with Gasteiger partial charge < -0.3 is 10.1 Å². The first-order valence-corrected chi connectivity index (χ1v) is 6.42. The monoisotopic (exact) mass is 263 g/mol. The zero-order valence-corrected chi connectivity index (χ0v) is 11.0. The number of hydrogen-bond acceptors (Lipinski definition) is 3. The predicted octanol–water partition coefficient (Wildman–Crippen LogP) is 2.85. The second-order valence-corrected chi connectivity index (χ2v) is 4.05. The van der Waals surface area contributed by atoms with E-state index in [1.165, 1.54) is 6.07 Å². The fourth-order valence-corrected chi connectivity index (χ4v) is 1.79. The highest BCUT2D eigenvalue weighted by molar-refractivity contribution is 5.42. The van der Waals surface area contributed by atoms with Gasteiger partial charge in [-0.25, -0.2) is 9.37 Å². The van der Waals surface area contributed by atoms with Gasteiger partial charge in [0.25, 0.3) is 0 Å². The van der Waals surface area contributed by atoms with Gasteiger partial charge in [-0.2, -0.15) is 0 Å². The van der Waals surface area contributed by atoms with E-state index in [4.69, 9.17) is 4.74 Å². The van der Waals surface area contributed by atoms with E-state index >= 15 is 0 Å². The van der Waals surface area contributed by atoms with Crippen LogP contribution in [-0.2, 0) is 4.74 Å². The number of ether oxygens (including phenoxy) is 1. The molecule has 0 aliphatic carbocycles. The number of para-hydroxylation sites is 1. The van der Waals surface area contributed by atoms with Crippen LogP contribution in [0.3, 0.4) is 0 Å². The number of anilines is 1. The first-order chi connectivity index (χ1) is 9.33. The van der Waals surface area contributed by atoms with Crippen molar-refractivity contribution in [3.05, 3.63) is 42.5 Å². The molecule has 2 aromatic rings. The van der Waals surface area contributed by atoms with Gasteiger partial charge in [0.05, 0.1) is 5.69 Å². The number of nitrogens with zero attached hydrogens (tertiary/aromatic N) is 2. The van der Waals surface area contributed by atoms with Crippen LogP contribution in [0.4, 0.5) is 10.3 Å². The first-order valence-electron chi connectivity index (χ1n) is 6.42. The molecule has 0 atom stereocenters. The molecule has 0 unspecified atom stereocenters. The predicted molar refractivity (Wildman–Crippen MR) is 73.1 cm³/mol. The summed E-state index contributed by atoms with van der Waals surface area (Å²) in [7, 11) is 0. The van der Waals surface area contributed by atoms with Gasteiger partial charge in [0.2, 0.25) is 5.95 Å². The third kappa shape index (κ3) is 3.54. The molecule has 19 heavy (non-hydrogen) atoms. The Bertz CT molecular complexity index is 513. The highest BCUT2D eigenvalue weighted by atomic mass is 19.1. The van der Waals surface area contributed by atoms with Gasteiger partial charge in [0, 0.05) is 32.2 Å². The Morgan fingerprint density at radius 2 is 2.21 bits per heavy atom. The van der Waals surface area contributed by atoms with Gasteiger partial charge in [-0.05, 0) is 25.5 Å². The van der Waals surface area contributed by atoms with Crippen LogP contribution < -0.4 is 5.32 Å². The Balaban J connectivity index is 2.00. The third-order valence-corrected chi connectivity index (χ3v) is 2.71. The fourth-order valence-electron chi connectivity index (χ4n) is 1.79. The number of benzene rings is 1. The highest BCUT2D eigenvalue weighted by Gasteiger charge is 2.07. The van der Waals surface area contributed by atoms with Gasteiger partial charge >= 0.3 is 0 Å². The molecule has 1 heterocycles. The molecule has 0 radical (unpaired) electrons. The minimum atomic E-state index is -0.266. The normalized spacial score (nSPS) is 10.6. The second-order valence-electron chi connectivity index (χ2n) is 4.05. The molecule has 0 bridgehead atoms. The van der Waals surface area contributed by atoms with E-state index in [1.54, 1.807) is 35.2 Å². The Hall–Kier alpha value is -1.88. The lowest BCUT2D eigenvalue weighted by Crippen LogP contribution is -2.10. The molecule has 0 saturated heterocycles. The Morgan fingerprint density at radius 3 is 3.00 bits per heavy atom. The van der Waals surface area contributed by atoms with Crippen LogP contribution in [0.25, 0.3) is 5.69 Å². The number of imidazole rings is 1. The first kappa shape index (κ1) is 13.5. The Kier molecular flexibility index (Phi) is 4.92. The summed E-state index contributed by atoms with van der Waals surface area (Å²) < 4.78 is 20.7. The lowest BCUT2D eigenvalue weighted by Gasteiger charge is -2.10. The number of rotatable bonds is 7. The molecular formula is C14H18FN3O. The molecule has 0 aliphatic heterocycles. The molecule has 5 heteroatoms. The van der Waals surface area contributed by atoms with Crippen LogP contribution in [-0.4, -0.2) is 29.3 Å². The molecule has 0 fully saturated rings. The Morgan fingerprint density at radius 1 is 1.37 bits per heavy atom. The summed E-state index contributed by atoms with van der Waals surface area (Å²) in [6.07, 6.45) is 4.28. The summed E-state index contributed by atoms with van der Waals surface area (Å²) in [6, 6.07) is 6.64. The van der Waals surface area contributed by atoms with Crippen LogP contribution in [0.15, 0.2) is 36.7 Å². The van der Waals surface area contributed by atoms with E-state index in [9.17, 15) is 4.39 Å². The summed E-state index contributed by atoms with van der Waals surface area (Å²) >= 11 is 0. The third-order valence-electron chi connectivity index (χ3n) is 2.71. The van der Waals surface area contributed by atoms with Gasteiger partial charge in [-0.1, -0.05) is 12.1 Å². The van der Waals surface area contributed by atoms with Crippen molar-refractivity contribution in [2.75, 3.05) is 25.1 Å². The van der Waals surface area contributed by atoms with Crippen molar-refractivity contribution in [3.63, 3.8) is 0 Å². The molecule has 1 aromatic carbocycles. The number of aromatic nitrogens is 2. The number of halogens is 1. The average Bonchev–Trinajstić information content (AvgIpc) is 2.87. The van der Waals surface area contributed by atoms with Gasteiger partial charge in [-0.3, -0.25) is 4.57 Å². The van der Waals surface area contributed by atoms with Gasteiger partial charge in [-0.15, -0.1) is 0 Å². The summed E-state index contributed by atoms with van der Waals surface area (Å²) in [6.45, 7) is 4.15. The molecule has 1 N–H and O–H groups in total. The number of nitrogens with one attached hydrogen (secondary N) is 1. The van der Waals surface area contributed by atoms with Crippen molar-refractivity contribution in [2.24, 2.45) is 0 Å². The zero-order valence-electron chi connectivity index (χ0n) is 11.0. The van der Waals surface area contributed by atoms with Crippen LogP contribution in [0.1, 0.15) is 13.3 Å². The van der Waals surface area contributed by atoms with Crippen molar-refractivity contribution < 1.29 is 9.13 Å². The molecule has 2 rings (SSSR count). The largest absolute Gasteiger partial charge is 0.382 e. The molecule has 102 valence electrons. The van der Waals surface area contributed by atoms with E-state index in [2.05, 4.69) is 10.3 Å². The number of hydrogen-bond donors (Lipinski definition) is 1. The van der Waals surface area contributed by atoms with E-state index in [0.29, 0.717) is 18.2 Å². The smallest absolute Gasteiger partial charge is 0.207 e. The summed E-state index contributed by atoms with van der Waals surface area (Å²) in [5.41, 5.74) is 0.493. The van der Waals surface area contributed by atoms with Crippen molar-refractivity contribution >= 4 is 5.95 Å². The zero-order chi connectivity index (χ0) is 13.5. The summed E-state index contributed by atoms with van der Waals surface area (Å²) in [4.78, 5) is 4.20. The second kappa shape index (κ2) is 6.89. The average molecular weight is 263 g/mol. The van der Waals surface area contributed by atoms with E-state index < -0.39 is 0 Å². The van der Waals surface area contributed by atoms with Gasteiger partial charge in [0.1, 0.15) is 5.82 Å². The summed E-state index contributed by atoms with van der Waals surface area (Å²) in [5.74, 6) is 0.375. The summed E-state index contributed by atoms with van der Waals surface area (Å²) in [5, 5.41) is 3.18. The molecule has 0 saturated carbocycles. The van der Waals surface area contributed by atoms with Crippen LogP contribution in [0, 0.1) is 5.82 Å². The molecule has 0 aliphatic rings. The van der Waals surface area contributed by atoms with Crippen LogP contribution in [0.5, 0.6) is 0 Å². The fraction of sp³-hybridized carbons (Fsp3) is 0.357. The van der Waals surface area contributed by atoms with Gasteiger partial charge in [0.15, 0.2) is 0 Å². The molecular weight excluding hydrogens is 245 g/mol. The van der Waals surface area contributed by atoms with Crippen LogP contribution in [0.2, 0.25) is 0 Å². The van der Waals surface area contributed by atoms with Crippen molar-refractivity contribution in [3.8, 4) is 5.69 Å². The van der Waals surface area contributed by atoms with E-state index in [1.807, 2.05) is 6.92 Å². The topological polar surface area (TPSA) is 39.1 Å². The van der Waals surface area contributed by atoms with Crippen molar-refractivity contribution in [2.45, 2.75) is 13.3 Å². The molecule has 0 spiro atoms. The molecule has 4 nitrogen and oxygen atoms in total. The van der Waals surface area contributed by atoms with Crippen molar-refractivity contribution in [1.29, 1.82) is 0 Å². The van der Waals surface area contributed by atoms with Crippen molar-refractivity contribution in [1.82, 2.24) is 9.55 Å². The standard InChI is InChI=1S/C14H18FN3O/c1-2-19-11-5-8-16-14-17-9-10-18(14)13-7-4-3-6-12(13)15/h3-4,6-7,9-10H,2,5,8,11H2,1H3,(H,16,17). The maximum atomic E-state index is 13.7. The highest BCUT2D eigenvalue weighted by Crippen LogP contribution is 2.17. The van der Waals surface area contributed by atoms with Crippen LogP contribution >= 0.6 is 0 Å². The lowest BCUT2D eigenvalue weighted by molar-refractivity contribution is 0.147. The maximum Gasteiger partial charge on any atom is 0.207 e. The van der Waals surface area contributed by atoms with E-state index in [0.717, 1.165) is 19.6 Å². The van der Waals surface area contributed by atoms with E-state index in [-0.39, 0.29) is 5.82 Å². The minimum absolute atomic E-state index is 0.266. The quantitative estimate of drug-likeness (QED) is 0.781. The molecule has 0 amide bonds. The lowest BCUT2D eigenvalue weighted by atomic mass is 10.3.